The van der Waals surface area contributed by atoms with Gasteiger partial charge in [0.1, 0.15) is 34.7 Å². The Labute approximate surface area is 220 Å². The SMILES string of the molecule is Cn1c(=O)c(C#N)c(N(C)[C@H]2CC[C@H](N(CC3CC3)c3cc4c(cn3)OCO4)CC2)c2nc(C#N)ccc21. The largest absolute Gasteiger partial charge is 0.453 e. The third kappa shape index (κ3) is 4.16. The van der Waals surface area contributed by atoms with Gasteiger partial charge in [0.05, 0.1) is 17.4 Å². The van der Waals surface area contributed by atoms with Gasteiger partial charge in [0.2, 0.25) is 6.79 Å². The fraction of sp³-hybridized carbons (Fsp3) is 0.464. The number of nitriles is 2. The van der Waals surface area contributed by atoms with Crippen LogP contribution in [0.5, 0.6) is 11.5 Å². The fourth-order valence-electron chi connectivity index (χ4n) is 5.80. The summed E-state index contributed by atoms with van der Waals surface area (Å²) < 4.78 is 12.5. The number of rotatable bonds is 6. The molecule has 0 N–H and O–H groups in total. The monoisotopic (exact) mass is 511 g/mol. The Morgan fingerprint density at radius 2 is 1.79 bits per heavy atom. The Bertz CT molecular complexity index is 1540. The zero-order chi connectivity index (χ0) is 26.4. The van der Waals surface area contributed by atoms with E-state index in [2.05, 4.69) is 22.0 Å². The number of hydrogen-bond acceptors (Lipinski definition) is 9. The summed E-state index contributed by atoms with van der Waals surface area (Å²) in [6.07, 6.45) is 7.97. The summed E-state index contributed by atoms with van der Waals surface area (Å²) in [5.41, 5.74) is 1.59. The molecule has 0 atom stereocenters. The molecule has 3 aliphatic rings. The van der Waals surface area contributed by atoms with Crippen LogP contribution in [0.25, 0.3) is 11.0 Å². The smallest absolute Gasteiger partial charge is 0.270 e. The van der Waals surface area contributed by atoms with Crippen LogP contribution >= 0.6 is 0 Å². The summed E-state index contributed by atoms with van der Waals surface area (Å²) >= 11 is 0. The first-order valence-corrected chi connectivity index (χ1v) is 13.1. The van der Waals surface area contributed by atoms with Crippen LogP contribution in [-0.2, 0) is 7.05 Å². The molecule has 0 spiro atoms. The summed E-state index contributed by atoms with van der Waals surface area (Å²) in [6, 6.07) is 9.99. The zero-order valence-electron chi connectivity index (χ0n) is 21.6. The number of anilines is 2. The minimum Gasteiger partial charge on any atom is -0.453 e. The standard InChI is InChI=1S/C28H29N7O3/c1-33(27-21(13-30)28(36)34(2)22-10-5-18(12-29)32-26(22)27)19-6-8-20(9-7-19)35(15-17-3-4-17)25-11-23-24(14-31-25)38-16-37-23/h5,10-11,14,17,19-20H,3-4,6-9,15-16H2,1-2H3/t19-,20-. The number of fused-ring (bicyclic) bond motifs is 2. The van der Waals surface area contributed by atoms with Gasteiger partial charge in [-0.1, -0.05) is 0 Å². The highest BCUT2D eigenvalue weighted by molar-refractivity contribution is 5.92. The summed E-state index contributed by atoms with van der Waals surface area (Å²) in [4.78, 5) is 26.7. The van der Waals surface area contributed by atoms with Crippen molar-refractivity contribution < 1.29 is 9.47 Å². The van der Waals surface area contributed by atoms with Crippen molar-refractivity contribution >= 4 is 22.5 Å². The van der Waals surface area contributed by atoms with Crippen molar-refractivity contribution in [2.24, 2.45) is 13.0 Å². The molecule has 4 heterocycles. The Morgan fingerprint density at radius 1 is 1.05 bits per heavy atom. The highest BCUT2D eigenvalue weighted by atomic mass is 16.7. The van der Waals surface area contributed by atoms with Crippen molar-refractivity contribution in [3.05, 3.63) is 46.0 Å². The van der Waals surface area contributed by atoms with Gasteiger partial charge >= 0.3 is 0 Å². The molecule has 3 aromatic heterocycles. The minimum atomic E-state index is -0.355. The van der Waals surface area contributed by atoms with Crippen LogP contribution in [0, 0.1) is 28.6 Å². The maximum absolute atomic E-state index is 13.1. The zero-order valence-corrected chi connectivity index (χ0v) is 21.6. The van der Waals surface area contributed by atoms with E-state index in [-0.39, 0.29) is 29.7 Å². The molecule has 194 valence electrons. The van der Waals surface area contributed by atoms with Crippen LogP contribution in [0.1, 0.15) is 49.8 Å². The Hall–Kier alpha value is -4.31. The highest BCUT2D eigenvalue weighted by Crippen LogP contribution is 2.40. The van der Waals surface area contributed by atoms with Crippen LogP contribution < -0.4 is 24.8 Å². The van der Waals surface area contributed by atoms with Crippen molar-refractivity contribution in [2.45, 2.75) is 50.6 Å². The Balaban J connectivity index is 1.27. The molecule has 0 saturated heterocycles. The van der Waals surface area contributed by atoms with Gasteiger partial charge in [-0.2, -0.15) is 10.5 Å². The lowest BCUT2D eigenvalue weighted by Crippen LogP contribution is -2.45. The van der Waals surface area contributed by atoms with Gasteiger partial charge in [-0.25, -0.2) is 9.97 Å². The molecular weight excluding hydrogens is 482 g/mol. The molecule has 2 aliphatic carbocycles. The van der Waals surface area contributed by atoms with E-state index in [1.54, 1.807) is 25.4 Å². The molecular formula is C28H29N7O3. The number of nitrogens with zero attached hydrogens (tertiary/aromatic N) is 7. The van der Waals surface area contributed by atoms with Crippen molar-refractivity contribution in [1.29, 1.82) is 10.5 Å². The quantitative estimate of drug-likeness (QED) is 0.490. The molecule has 38 heavy (non-hydrogen) atoms. The lowest BCUT2D eigenvalue weighted by atomic mass is 9.88. The predicted octanol–water partition coefficient (Wildman–Crippen LogP) is 3.46. The first-order valence-electron chi connectivity index (χ1n) is 13.1. The molecule has 0 aromatic carbocycles. The molecule has 10 nitrogen and oxygen atoms in total. The highest BCUT2D eigenvalue weighted by Gasteiger charge is 2.34. The summed E-state index contributed by atoms with van der Waals surface area (Å²) in [5.74, 6) is 3.06. The van der Waals surface area contributed by atoms with Crippen LogP contribution in [0.3, 0.4) is 0 Å². The van der Waals surface area contributed by atoms with Crippen molar-refractivity contribution in [1.82, 2.24) is 14.5 Å². The Kier molecular flexibility index (Phi) is 6.03. The van der Waals surface area contributed by atoms with Gasteiger partial charge in [0, 0.05) is 38.8 Å². The molecule has 0 radical (unpaired) electrons. The Morgan fingerprint density at radius 3 is 2.50 bits per heavy atom. The second-order valence-electron chi connectivity index (χ2n) is 10.4. The second kappa shape index (κ2) is 9.53. The molecule has 0 bridgehead atoms. The third-order valence-electron chi connectivity index (χ3n) is 8.14. The second-order valence-corrected chi connectivity index (χ2v) is 10.4. The lowest BCUT2D eigenvalue weighted by molar-refractivity contribution is 0.174. The van der Waals surface area contributed by atoms with E-state index < -0.39 is 0 Å². The normalized spacial score (nSPS) is 20.1. The summed E-state index contributed by atoms with van der Waals surface area (Å²) in [7, 11) is 3.56. The molecule has 0 unspecified atom stereocenters. The van der Waals surface area contributed by atoms with E-state index in [0.717, 1.165) is 43.8 Å². The number of pyridine rings is 3. The molecule has 10 heteroatoms. The molecule has 0 amide bonds. The van der Waals surface area contributed by atoms with E-state index >= 15 is 0 Å². The minimum absolute atomic E-state index is 0.0622. The van der Waals surface area contributed by atoms with Gasteiger partial charge < -0.3 is 23.8 Å². The van der Waals surface area contributed by atoms with E-state index in [4.69, 9.17) is 14.5 Å². The van der Waals surface area contributed by atoms with Gasteiger partial charge in [-0.15, -0.1) is 0 Å². The predicted molar refractivity (Wildman–Crippen MR) is 141 cm³/mol. The van der Waals surface area contributed by atoms with Crippen molar-refractivity contribution in [3.8, 4) is 23.6 Å². The first-order chi connectivity index (χ1) is 18.5. The van der Waals surface area contributed by atoms with Crippen LogP contribution in [0.15, 0.2) is 29.2 Å². The summed E-state index contributed by atoms with van der Waals surface area (Å²) in [5, 5.41) is 19.4. The molecule has 2 saturated carbocycles. The van der Waals surface area contributed by atoms with E-state index in [0.29, 0.717) is 34.4 Å². The number of aromatic nitrogens is 3. The number of hydrogen-bond donors (Lipinski definition) is 0. The van der Waals surface area contributed by atoms with Crippen LogP contribution in [0.2, 0.25) is 0 Å². The average molecular weight is 512 g/mol. The van der Waals surface area contributed by atoms with Gasteiger partial charge in [0.25, 0.3) is 5.56 Å². The third-order valence-corrected chi connectivity index (χ3v) is 8.14. The van der Waals surface area contributed by atoms with Crippen LogP contribution in [0.4, 0.5) is 11.5 Å². The lowest BCUT2D eigenvalue weighted by Gasteiger charge is -2.41. The maximum Gasteiger partial charge on any atom is 0.270 e. The maximum atomic E-state index is 13.1. The van der Waals surface area contributed by atoms with Crippen molar-refractivity contribution in [2.75, 3.05) is 30.2 Å². The molecule has 3 aromatic rings. The van der Waals surface area contributed by atoms with E-state index in [1.165, 1.54) is 17.4 Å². The molecule has 6 rings (SSSR count). The average Bonchev–Trinajstić information content (AvgIpc) is 3.66. The van der Waals surface area contributed by atoms with Crippen molar-refractivity contribution in [3.63, 3.8) is 0 Å². The topological polar surface area (TPSA) is 120 Å². The van der Waals surface area contributed by atoms with E-state index in [9.17, 15) is 15.3 Å². The fourth-order valence-corrected chi connectivity index (χ4v) is 5.80. The molecule has 2 fully saturated rings. The molecule has 1 aliphatic heterocycles. The van der Waals surface area contributed by atoms with Gasteiger partial charge in [0.15, 0.2) is 11.5 Å². The number of ether oxygens (including phenoxy) is 2. The summed E-state index contributed by atoms with van der Waals surface area (Å²) in [6.45, 7) is 1.21. The van der Waals surface area contributed by atoms with Gasteiger partial charge in [-0.05, 0) is 56.6 Å². The van der Waals surface area contributed by atoms with Crippen LogP contribution in [-0.4, -0.2) is 47.0 Å². The van der Waals surface area contributed by atoms with Gasteiger partial charge in [-0.3, -0.25) is 4.79 Å². The first kappa shape index (κ1) is 24.1. The van der Waals surface area contributed by atoms with E-state index in [1.807, 2.05) is 18.0 Å². The number of aryl methyl sites for hydroxylation is 1.